The number of hydrogen-bond donors (Lipinski definition) is 0. The van der Waals surface area contributed by atoms with E-state index in [-0.39, 0.29) is 0 Å². The summed E-state index contributed by atoms with van der Waals surface area (Å²) in [5.74, 6) is 0.855. The van der Waals surface area contributed by atoms with Gasteiger partial charge < -0.3 is 0 Å². The van der Waals surface area contributed by atoms with E-state index in [2.05, 4.69) is 56.3 Å². The van der Waals surface area contributed by atoms with Crippen molar-refractivity contribution < 1.29 is 0 Å². The van der Waals surface area contributed by atoms with Crippen molar-refractivity contribution in [1.82, 2.24) is 0 Å². The second kappa shape index (κ2) is 4.42. The zero-order valence-electron chi connectivity index (χ0n) is 11.4. The van der Waals surface area contributed by atoms with E-state index >= 15 is 0 Å². The Balaban J connectivity index is 1.75. The SMILES string of the molecule is CC1=CC[C@@H](C2(C)C=C(c3ccccc3)C2)CC1. The predicted molar refractivity (Wildman–Crippen MR) is 78.2 cm³/mol. The van der Waals surface area contributed by atoms with Crippen molar-refractivity contribution >= 4 is 5.57 Å². The molecule has 0 amide bonds. The van der Waals surface area contributed by atoms with Crippen LogP contribution in [0.25, 0.3) is 5.57 Å². The summed E-state index contributed by atoms with van der Waals surface area (Å²) in [5.41, 5.74) is 4.99. The Morgan fingerprint density at radius 2 is 1.89 bits per heavy atom. The van der Waals surface area contributed by atoms with Gasteiger partial charge in [-0.1, -0.05) is 55.0 Å². The van der Waals surface area contributed by atoms with Crippen molar-refractivity contribution in [3.8, 4) is 0 Å². The first kappa shape index (κ1) is 11.8. The van der Waals surface area contributed by atoms with Crippen LogP contribution in [0.3, 0.4) is 0 Å². The average molecular weight is 238 g/mol. The van der Waals surface area contributed by atoms with Crippen LogP contribution in [0.15, 0.2) is 48.1 Å². The van der Waals surface area contributed by atoms with Crippen LogP contribution in [-0.4, -0.2) is 0 Å². The molecule has 0 spiro atoms. The second-order valence-electron chi connectivity index (χ2n) is 6.24. The van der Waals surface area contributed by atoms with Crippen molar-refractivity contribution in [3.05, 3.63) is 53.6 Å². The van der Waals surface area contributed by atoms with Crippen LogP contribution in [-0.2, 0) is 0 Å². The average Bonchev–Trinajstić information content (AvgIpc) is 2.37. The predicted octanol–water partition coefficient (Wildman–Crippen LogP) is 5.23. The van der Waals surface area contributed by atoms with Crippen molar-refractivity contribution in [2.75, 3.05) is 0 Å². The minimum Gasteiger partial charge on any atom is -0.0853 e. The van der Waals surface area contributed by atoms with E-state index in [0.29, 0.717) is 5.41 Å². The largest absolute Gasteiger partial charge is 0.0853 e. The van der Waals surface area contributed by atoms with E-state index < -0.39 is 0 Å². The summed E-state index contributed by atoms with van der Waals surface area (Å²) in [6, 6.07) is 10.8. The van der Waals surface area contributed by atoms with Gasteiger partial charge in [-0.25, -0.2) is 0 Å². The Bertz CT molecular complexity index is 492. The van der Waals surface area contributed by atoms with E-state index in [0.717, 1.165) is 5.92 Å². The lowest BCUT2D eigenvalue weighted by atomic mass is 9.60. The Labute approximate surface area is 110 Å². The molecule has 0 N–H and O–H groups in total. The van der Waals surface area contributed by atoms with Gasteiger partial charge >= 0.3 is 0 Å². The molecule has 1 aromatic carbocycles. The van der Waals surface area contributed by atoms with E-state index in [9.17, 15) is 0 Å². The van der Waals surface area contributed by atoms with Gasteiger partial charge in [-0.2, -0.15) is 0 Å². The van der Waals surface area contributed by atoms with Crippen LogP contribution < -0.4 is 0 Å². The van der Waals surface area contributed by atoms with Crippen LogP contribution >= 0.6 is 0 Å². The van der Waals surface area contributed by atoms with Gasteiger partial charge in [0.15, 0.2) is 0 Å². The smallest absolute Gasteiger partial charge is 0.00687 e. The quantitative estimate of drug-likeness (QED) is 0.619. The summed E-state index contributed by atoms with van der Waals surface area (Å²) in [6.07, 6.45) is 10.2. The molecular weight excluding hydrogens is 216 g/mol. The maximum Gasteiger partial charge on any atom is -0.00687 e. The fourth-order valence-corrected chi connectivity index (χ4v) is 3.44. The van der Waals surface area contributed by atoms with Crippen LogP contribution in [0, 0.1) is 11.3 Å². The highest BCUT2D eigenvalue weighted by Gasteiger charge is 2.39. The number of benzene rings is 1. The number of rotatable bonds is 2. The topological polar surface area (TPSA) is 0 Å². The van der Waals surface area contributed by atoms with Crippen LogP contribution in [0.5, 0.6) is 0 Å². The van der Waals surface area contributed by atoms with E-state index in [1.807, 2.05) is 0 Å². The number of allylic oxidation sites excluding steroid dienone is 4. The fraction of sp³-hybridized carbons (Fsp3) is 0.444. The summed E-state index contributed by atoms with van der Waals surface area (Å²) in [6.45, 7) is 4.71. The Hall–Kier alpha value is -1.30. The third-order valence-corrected chi connectivity index (χ3v) is 4.79. The van der Waals surface area contributed by atoms with E-state index in [1.165, 1.54) is 31.2 Å². The first-order valence-corrected chi connectivity index (χ1v) is 7.10. The molecule has 2 aliphatic rings. The lowest BCUT2D eigenvalue weighted by Gasteiger charge is -2.44. The third kappa shape index (κ3) is 2.05. The molecule has 0 heterocycles. The van der Waals surface area contributed by atoms with Gasteiger partial charge in [-0.15, -0.1) is 0 Å². The van der Waals surface area contributed by atoms with Crippen molar-refractivity contribution in [2.45, 2.75) is 39.5 Å². The van der Waals surface area contributed by atoms with Gasteiger partial charge in [0.1, 0.15) is 0 Å². The summed E-state index contributed by atoms with van der Waals surface area (Å²) < 4.78 is 0. The van der Waals surface area contributed by atoms with Crippen LogP contribution in [0.4, 0.5) is 0 Å². The molecule has 0 heteroatoms. The normalized spacial score (nSPS) is 31.3. The van der Waals surface area contributed by atoms with Crippen molar-refractivity contribution in [2.24, 2.45) is 11.3 Å². The van der Waals surface area contributed by atoms with Crippen molar-refractivity contribution in [1.29, 1.82) is 0 Å². The first-order chi connectivity index (χ1) is 8.67. The highest BCUT2D eigenvalue weighted by molar-refractivity contribution is 5.72. The van der Waals surface area contributed by atoms with Gasteiger partial charge in [0.25, 0.3) is 0 Å². The van der Waals surface area contributed by atoms with Crippen LogP contribution in [0.1, 0.15) is 45.1 Å². The monoisotopic (exact) mass is 238 g/mol. The standard InChI is InChI=1S/C18H22/c1-14-8-10-17(11-9-14)18(2)12-16(13-18)15-6-4-3-5-7-15/h3-8,12,17H,9-11,13H2,1-2H3/t17-,18?/m1/s1. The molecular formula is C18H22. The van der Waals surface area contributed by atoms with Gasteiger partial charge in [-0.3, -0.25) is 0 Å². The van der Waals surface area contributed by atoms with E-state index in [1.54, 1.807) is 11.1 Å². The molecule has 0 aromatic heterocycles. The molecule has 0 aliphatic heterocycles. The lowest BCUT2D eigenvalue weighted by molar-refractivity contribution is 0.220. The van der Waals surface area contributed by atoms with Gasteiger partial charge in [-0.05, 0) is 55.1 Å². The Morgan fingerprint density at radius 3 is 2.50 bits per heavy atom. The molecule has 0 saturated carbocycles. The molecule has 3 rings (SSSR count). The highest BCUT2D eigenvalue weighted by Crippen LogP contribution is 2.52. The molecule has 1 aromatic rings. The van der Waals surface area contributed by atoms with Gasteiger partial charge in [0.2, 0.25) is 0 Å². The molecule has 0 saturated heterocycles. The van der Waals surface area contributed by atoms with E-state index in [4.69, 9.17) is 0 Å². The first-order valence-electron chi connectivity index (χ1n) is 7.10. The summed E-state index contributed by atoms with van der Waals surface area (Å²) in [7, 11) is 0. The zero-order chi connectivity index (χ0) is 12.6. The third-order valence-electron chi connectivity index (χ3n) is 4.79. The van der Waals surface area contributed by atoms with Gasteiger partial charge in [0.05, 0.1) is 0 Å². The Morgan fingerprint density at radius 1 is 1.17 bits per heavy atom. The second-order valence-corrected chi connectivity index (χ2v) is 6.24. The minimum absolute atomic E-state index is 0.447. The Kier molecular flexibility index (Phi) is 2.89. The molecule has 0 nitrogen and oxygen atoms in total. The molecule has 94 valence electrons. The lowest BCUT2D eigenvalue weighted by Crippen LogP contribution is -2.32. The zero-order valence-corrected chi connectivity index (χ0v) is 11.4. The minimum atomic E-state index is 0.447. The maximum atomic E-state index is 2.53. The number of hydrogen-bond acceptors (Lipinski definition) is 0. The summed E-state index contributed by atoms with van der Waals surface area (Å²) >= 11 is 0. The van der Waals surface area contributed by atoms with Gasteiger partial charge in [0, 0.05) is 0 Å². The molecule has 2 atom stereocenters. The van der Waals surface area contributed by atoms with Crippen LogP contribution in [0.2, 0.25) is 0 Å². The summed E-state index contributed by atoms with van der Waals surface area (Å²) in [5, 5.41) is 0. The fourth-order valence-electron chi connectivity index (χ4n) is 3.44. The molecule has 18 heavy (non-hydrogen) atoms. The molecule has 0 fully saturated rings. The van der Waals surface area contributed by atoms with Crippen molar-refractivity contribution in [3.63, 3.8) is 0 Å². The molecule has 0 radical (unpaired) electrons. The molecule has 0 bridgehead atoms. The molecule has 2 aliphatic carbocycles. The molecule has 1 unspecified atom stereocenters. The summed E-state index contributed by atoms with van der Waals surface area (Å²) in [4.78, 5) is 0. The maximum absolute atomic E-state index is 2.53. The highest BCUT2D eigenvalue weighted by atomic mass is 14.4.